The maximum atomic E-state index is 12.2. The lowest BCUT2D eigenvalue weighted by Crippen LogP contribution is -2.47. The zero-order chi connectivity index (χ0) is 15.4. The number of aromatic carboxylic acids is 1. The van der Waals surface area contributed by atoms with Crippen LogP contribution in [0.25, 0.3) is 0 Å². The van der Waals surface area contributed by atoms with E-state index in [4.69, 9.17) is 21.4 Å². The van der Waals surface area contributed by atoms with Crippen LogP contribution in [0.15, 0.2) is 18.2 Å². The van der Waals surface area contributed by atoms with Crippen molar-refractivity contribution >= 4 is 29.3 Å². The quantitative estimate of drug-likeness (QED) is 0.899. The second kappa shape index (κ2) is 6.78. The van der Waals surface area contributed by atoms with E-state index in [1.165, 1.54) is 18.2 Å². The minimum absolute atomic E-state index is 0.0335. The summed E-state index contributed by atoms with van der Waals surface area (Å²) < 4.78 is 5.51. The molecule has 2 rings (SSSR count). The number of hydrogen-bond donors (Lipinski definition) is 2. The second-order valence-electron chi connectivity index (χ2n) is 4.81. The molecule has 2 N–H and O–H groups in total. The maximum absolute atomic E-state index is 12.2. The number of carboxylic acids is 1. The maximum Gasteiger partial charge on any atom is 0.335 e. The largest absolute Gasteiger partial charge is 0.478 e. The Kier molecular flexibility index (Phi) is 5.03. The van der Waals surface area contributed by atoms with Crippen molar-refractivity contribution in [3.8, 4) is 0 Å². The molecule has 0 spiro atoms. The van der Waals surface area contributed by atoms with E-state index in [-0.39, 0.29) is 22.7 Å². The second-order valence-corrected chi connectivity index (χ2v) is 5.25. The predicted molar refractivity (Wildman–Crippen MR) is 79.0 cm³/mol. The van der Waals surface area contributed by atoms with Gasteiger partial charge in [0.2, 0.25) is 0 Å². The van der Waals surface area contributed by atoms with E-state index in [0.29, 0.717) is 25.4 Å². The molecule has 0 aliphatic carbocycles. The third-order valence-electron chi connectivity index (χ3n) is 3.28. The van der Waals surface area contributed by atoms with Crippen molar-refractivity contribution in [3.05, 3.63) is 28.8 Å². The molecule has 1 aliphatic rings. The van der Waals surface area contributed by atoms with E-state index in [9.17, 15) is 9.59 Å². The zero-order valence-electron chi connectivity index (χ0n) is 11.6. The van der Waals surface area contributed by atoms with Gasteiger partial charge in [-0.3, -0.25) is 0 Å². The van der Waals surface area contributed by atoms with Gasteiger partial charge in [-0.15, -0.1) is 0 Å². The molecule has 1 aliphatic heterocycles. The zero-order valence-corrected chi connectivity index (χ0v) is 12.4. The van der Waals surface area contributed by atoms with Crippen LogP contribution in [0.1, 0.15) is 23.7 Å². The van der Waals surface area contributed by atoms with Gasteiger partial charge >= 0.3 is 12.0 Å². The highest BCUT2D eigenvalue weighted by molar-refractivity contribution is 6.31. The van der Waals surface area contributed by atoms with Crippen molar-refractivity contribution in [1.29, 1.82) is 0 Å². The number of carboxylic acid groups (broad SMARTS) is 1. The molecule has 1 unspecified atom stereocenters. The summed E-state index contributed by atoms with van der Waals surface area (Å²) in [6.07, 6.45) is 0.878. The monoisotopic (exact) mass is 312 g/mol. The van der Waals surface area contributed by atoms with E-state index in [0.717, 1.165) is 6.42 Å². The van der Waals surface area contributed by atoms with Crippen LogP contribution in [0.2, 0.25) is 5.02 Å². The van der Waals surface area contributed by atoms with Gasteiger partial charge in [0.25, 0.3) is 0 Å². The lowest BCUT2D eigenvalue weighted by Gasteiger charge is -2.32. The third kappa shape index (κ3) is 4.09. The van der Waals surface area contributed by atoms with Crippen molar-refractivity contribution in [2.45, 2.75) is 19.4 Å². The first-order valence-electron chi connectivity index (χ1n) is 6.71. The molecule has 7 heteroatoms. The fourth-order valence-electron chi connectivity index (χ4n) is 2.14. The number of rotatable bonds is 3. The normalized spacial score (nSPS) is 18.4. The molecule has 1 atom stereocenters. The van der Waals surface area contributed by atoms with Crippen LogP contribution in [-0.2, 0) is 4.74 Å². The summed E-state index contributed by atoms with van der Waals surface area (Å²) in [4.78, 5) is 24.8. The Balaban J connectivity index is 2.07. The molecule has 1 aromatic rings. The first kappa shape index (κ1) is 15.6. The molecule has 114 valence electrons. The molecular formula is C14H17ClN2O4. The van der Waals surface area contributed by atoms with E-state index < -0.39 is 5.97 Å². The summed E-state index contributed by atoms with van der Waals surface area (Å²) >= 11 is 5.86. The van der Waals surface area contributed by atoms with Crippen LogP contribution >= 0.6 is 11.6 Å². The molecule has 0 aromatic heterocycles. The summed E-state index contributed by atoms with van der Waals surface area (Å²) in [6.45, 7) is 3.54. The summed E-state index contributed by atoms with van der Waals surface area (Å²) in [5, 5.41) is 11.9. The van der Waals surface area contributed by atoms with Crippen molar-refractivity contribution in [1.82, 2.24) is 4.90 Å². The number of hydrogen-bond acceptors (Lipinski definition) is 3. The molecule has 1 fully saturated rings. The van der Waals surface area contributed by atoms with E-state index in [1.807, 2.05) is 6.92 Å². The predicted octanol–water partition coefficient (Wildman–Crippen LogP) is 2.68. The summed E-state index contributed by atoms with van der Waals surface area (Å²) in [6, 6.07) is 3.95. The van der Waals surface area contributed by atoms with Crippen LogP contribution in [0.5, 0.6) is 0 Å². The average Bonchev–Trinajstić information content (AvgIpc) is 2.46. The number of carbonyl (C=O) groups is 2. The molecule has 0 radical (unpaired) electrons. The van der Waals surface area contributed by atoms with Crippen molar-refractivity contribution in [2.24, 2.45) is 0 Å². The highest BCUT2D eigenvalue weighted by Gasteiger charge is 2.23. The SMILES string of the molecule is CCC1CN(C(=O)Nc2cc(Cl)cc(C(=O)O)c2)CCO1. The van der Waals surface area contributed by atoms with Gasteiger partial charge in [-0.2, -0.15) is 0 Å². The van der Waals surface area contributed by atoms with Gasteiger partial charge in [0, 0.05) is 23.8 Å². The topological polar surface area (TPSA) is 78.9 Å². The van der Waals surface area contributed by atoms with Crippen LogP contribution in [0, 0.1) is 0 Å². The summed E-state index contributed by atoms with van der Waals surface area (Å²) in [5.41, 5.74) is 0.399. The van der Waals surface area contributed by atoms with E-state index >= 15 is 0 Å². The smallest absolute Gasteiger partial charge is 0.335 e. The molecule has 1 aromatic carbocycles. The Morgan fingerprint density at radius 1 is 1.48 bits per heavy atom. The number of ether oxygens (including phenoxy) is 1. The number of carbonyl (C=O) groups excluding carboxylic acids is 1. The van der Waals surface area contributed by atoms with Gasteiger partial charge in [0.15, 0.2) is 0 Å². The molecular weight excluding hydrogens is 296 g/mol. The minimum atomic E-state index is -1.09. The first-order chi connectivity index (χ1) is 9.99. The number of morpholine rings is 1. The van der Waals surface area contributed by atoms with Crippen LogP contribution in [0.4, 0.5) is 10.5 Å². The number of amides is 2. The van der Waals surface area contributed by atoms with Gasteiger partial charge < -0.3 is 20.1 Å². The highest BCUT2D eigenvalue weighted by Crippen LogP contribution is 2.20. The fraction of sp³-hybridized carbons (Fsp3) is 0.429. The van der Waals surface area contributed by atoms with Gasteiger partial charge in [0.05, 0.1) is 18.3 Å². The van der Waals surface area contributed by atoms with Gasteiger partial charge in [0.1, 0.15) is 0 Å². The van der Waals surface area contributed by atoms with Crippen molar-refractivity contribution in [3.63, 3.8) is 0 Å². The lowest BCUT2D eigenvalue weighted by atomic mass is 10.2. The number of nitrogens with zero attached hydrogens (tertiary/aromatic N) is 1. The van der Waals surface area contributed by atoms with Gasteiger partial charge in [-0.1, -0.05) is 18.5 Å². The molecule has 1 heterocycles. The number of anilines is 1. The molecule has 0 bridgehead atoms. The number of urea groups is 1. The molecule has 21 heavy (non-hydrogen) atoms. The molecule has 2 amide bonds. The van der Waals surface area contributed by atoms with Crippen LogP contribution < -0.4 is 5.32 Å². The Labute approximate surface area is 127 Å². The average molecular weight is 313 g/mol. The number of halogens is 1. The van der Waals surface area contributed by atoms with E-state index in [2.05, 4.69) is 5.32 Å². The minimum Gasteiger partial charge on any atom is -0.478 e. The number of nitrogens with one attached hydrogen (secondary N) is 1. The Bertz CT molecular complexity index is 550. The molecule has 0 saturated carbocycles. The molecule has 6 nitrogen and oxygen atoms in total. The molecule has 1 saturated heterocycles. The first-order valence-corrected chi connectivity index (χ1v) is 7.08. The third-order valence-corrected chi connectivity index (χ3v) is 3.50. The Morgan fingerprint density at radius 2 is 2.24 bits per heavy atom. The number of benzene rings is 1. The van der Waals surface area contributed by atoms with E-state index in [1.54, 1.807) is 4.90 Å². The Hall–Kier alpha value is -1.79. The standard InChI is InChI=1S/C14H17ClN2O4/c1-2-12-8-17(3-4-21-12)14(20)16-11-6-9(13(18)19)5-10(15)7-11/h5-7,12H,2-4,8H2,1H3,(H,16,20)(H,18,19). The van der Waals surface area contributed by atoms with Crippen molar-refractivity contribution in [2.75, 3.05) is 25.0 Å². The summed E-state index contributed by atoms with van der Waals surface area (Å²) in [5.74, 6) is -1.09. The highest BCUT2D eigenvalue weighted by atomic mass is 35.5. The fourth-order valence-corrected chi connectivity index (χ4v) is 2.37. The Morgan fingerprint density at radius 3 is 2.90 bits per heavy atom. The van der Waals surface area contributed by atoms with Crippen LogP contribution in [-0.4, -0.2) is 47.8 Å². The van der Waals surface area contributed by atoms with Gasteiger partial charge in [-0.25, -0.2) is 9.59 Å². The summed E-state index contributed by atoms with van der Waals surface area (Å²) in [7, 11) is 0. The van der Waals surface area contributed by atoms with Crippen molar-refractivity contribution < 1.29 is 19.4 Å². The lowest BCUT2D eigenvalue weighted by molar-refractivity contribution is -0.0134. The van der Waals surface area contributed by atoms with Gasteiger partial charge in [-0.05, 0) is 24.6 Å². The van der Waals surface area contributed by atoms with Crippen LogP contribution in [0.3, 0.4) is 0 Å².